The molecule has 0 saturated carbocycles. The molecule has 1 aliphatic rings. The average Bonchev–Trinajstić information content (AvgIpc) is 2.34. The third-order valence-electron chi connectivity index (χ3n) is 2.62. The molecule has 0 spiro atoms. The molecule has 1 aromatic rings. The molecular weight excluding hydrogens is 228 g/mol. The minimum Gasteiger partial charge on any atom is -0.376 e. The van der Waals surface area contributed by atoms with E-state index in [2.05, 4.69) is 5.32 Å². The Labute approximate surface area is 98.7 Å². The van der Waals surface area contributed by atoms with Gasteiger partial charge in [0.05, 0.1) is 25.9 Å². The number of benzene rings is 1. The number of hydrogen-bond acceptors (Lipinski definition) is 3. The zero-order chi connectivity index (χ0) is 12.1. The lowest BCUT2D eigenvalue weighted by Gasteiger charge is -2.23. The standard InChI is InChI=1S/C12H15F2NO2/c13-11-2-1-3-12(14)10(11)7-15-6-9-8-16-4-5-17-9/h1-3,9,15H,4-8H2. The van der Waals surface area contributed by atoms with E-state index in [1.54, 1.807) is 0 Å². The Kier molecular flexibility index (Phi) is 4.42. The predicted octanol–water partition coefficient (Wildman–Crippen LogP) is 1.47. The van der Waals surface area contributed by atoms with Crippen LogP contribution in [0.5, 0.6) is 0 Å². The number of hydrogen-bond donors (Lipinski definition) is 1. The first-order valence-corrected chi connectivity index (χ1v) is 5.60. The fraction of sp³-hybridized carbons (Fsp3) is 0.500. The smallest absolute Gasteiger partial charge is 0.130 e. The van der Waals surface area contributed by atoms with Gasteiger partial charge in [0.25, 0.3) is 0 Å². The van der Waals surface area contributed by atoms with Crippen LogP contribution in [0.4, 0.5) is 8.78 Å². The number of ether oxygens (including phenoxy) is 2. The van der Waals surface area contributed by atoms with Gasteiger partial charge in [-0.2, -0.15) is 0 Å². The van der Waals surface area contributed by atoms with Crippen LogP contribution in [0, 0.1) is 11.6 Å². The van der Waals surface area contributed by atoms with Crippen molar-refractivity contribution in [3.05, 3.63) is 35.4 Å². The summed E-state index contributed by atoms with van der Waals surface area (Å²) >= 11 is 0. The minimum atomic E-state index is -0.529. The topological polar surface area (TPSA) is 30.5 Å². The summed E-state index contributed by atoms with van der Waals surface area (Å²) in [6.45, 7) is 2.37. The molecule has 0 amide bonds. The summed E-state index contributed by atoms with van der Waals surface area (Å²) in [5, 5.41) is 2.97. The van der Waals surface area contributed by atoms with Crippen molar-refractivity contribution in [3.63, 3.8) is 0 Å². The van der Waals surface area contributed by atoms with Gasteiger partial charge in [0.2, 0.25) is 0 Å². The molecule has 2 rings (SSSR count). The lowest BCUT2D eigenvalue weighted by Crippen LogP contribution is -2.37. The molecule has 1 fully saturated rings. The molecule has 1 aliphatic heterocycles. The van der Waals surface area contributed by atoms with Gasteiger partial charge in [0, 0.05) is 18.7 Å². The lowest BCUT2D eigenvalue weighted by molar-refractivity contribution is -0.0864. The second-order valence-electron chi connectivity index (χ2n) is 3.90. The number of halogens is 2. The second kappa shape index (κ2) is 6.05. The van der Waals surface area contributed by atoms with Crippen LogP contribution in [0.25, 0.3) is 0 Å². The van der Waals surface area contributed by atoms with Crippen molar-refractivity contribution in [2.45, 2.75) is 12.6 Å². The maximum atomic E-state index is 13.3. The van der Waals surface area contributed by atoms with E-state index in [1.165, 1.54) is 18.2 Å². The zero-order valence-corrected chi connectivity index (χ0v) is 9.42. The Morgan fingerprint density at radius 2 is 2.00 bits per heavy atom. The van der Waals surface area contributed by atoms with Crippen LogP contribution >= 0.6 is 0 Å². The fourth-order valence-electron chi connectivity index (χ4n) is 1.71. The van der Waals surface area contributed by atoms with Crippen molar-refractivity contribution < 1.29 is 18.3 Å². The Hall–Kier alpha value is -1.04. The first-order chi connectivity index (χ1) is 8.27. The maximum absolute atomic E-state index is 13.3. The van der Waals surface area contributed by atoms with Crippen molar-refractivity contribution in [1.29, 1.82) is 0 Å². The van der Waals surface area contributed by atoms with E-state index in [9.17, 15) is 8.78 Å². The van der Waals surface area contributed by atoms with Crippen LogP contribution in [0.1, 0.15) is 5.56 Å². The lowest BCUT2D eigenvalue weighted by atomic mass is 10.2. The van der Waals surface area contributed by atoms with Crippen molar-refractivity contribution in [1.82, 2.24) is 5.32 Å². The molecule has 0 aliphatic carbocycles. The molecule has 1 heterocycles. The monoisotopic (exact) mass is 243 g/mol. The van der Waals surface area contributed by atoms with E-state index in [0.717, 1.165) is 0 Å². The number of rotatable bonds is 4. The van der Waals surface area contributed by atoms with Gasteiger partial charge >= 0.3 is 0 Å². The summed E-state index contributed by atoms with van der Waals surface area (Å²) in [5.74, 6) is -1.06. The first kappa shape index (κ1) is 12.4. The average molecular weight is 243 g/mol. The molecule has 1 aromatic carbocycles. The van der Waals surface area contributed by atoms with E-state index in [4.69, 9.17) is 9.47 Å². The molecule has 0 bridgehead atoms. The van der Waals surface area contributed by atoms with E-state index < -0.39 is 11.6 Å². The Morgan fingerprint density at radius 1 is 1.24 bits per heavy atom. The number of nitrogens with one attached hydrogen (secondary N) is 1. The highest BCUT2D eigenvalue weighted by atomic mass is 19.1. The minimum absolute atomic E-state index is 0.0430. The van der Waals surface area contributed by atoms with Crippen LogP contribution in [-0.4, -0.2) is 32.5 Å². The summed E-state index contributed by atoms with van der Waals surface area (Å²) in [7, 11) is 0. The molecular formula is C12H15F2NO2. The van der Waals surface area contributed by atoms with Gasteiger partial charge in [-0.3, -0.25) is 0 Å². The van der Waals surface area contributed by atoms with E-state index in [-0.39, 0.29) is 18.2 Å². The molecule has 1 atom stereocenters. The fourth-order valence-corrected chi connectivity index (χ4v) is 1.71. The SMILES string of the molecule is Fc1cccc(F)c1CNCC1COCCO1. The first-order valence-electron chi connectivity index (χ1n) is 5.60. The van der Waals surface area contributed by atoms with Gasteiger partial charge in [-0.15, -0.1) is 0 Å². The molecule has 1 N–H and O–H groups in total. The second-order valence-corrected chi connectivity index (χ2v) is 3.90. The quantitative estimate of drug-likeness (QED) is 0.868. The molecule has 94 valence electrons. The zero-order valence-electron chi connectivity index (χ0n) is 9.42. The molecule has 0 aromatic heterocycles. The Bertz CT molecular complexity index is 347. The van der Waals surface area contributed by atoms with Crippen LogP contribution in [-0.2, 0) is 16.0 Å². The van der Waals surface area contributed by atoms with Gasteiger partial charge in [0.15, 0.2) is 0 Å². The van der Waals surface area contributed by atoms with Crippen LogP contribution in [0.2, 0.25) is 0 Å². The van der Waals surface area contributed by atoms with E-state index in [0.29, 0.717) is 26.4 Å². The summed E-state index contributed by atoms with van der Waals surface area (Å²) in [6, 6.07) is 3.85. The molecule has 1 unspecified atom stereocenters. The van der Waals surface area contributed by atoms with E-state index in [1.807, 2.05) is 0 Å². The molecule has 17 heavy (non-hydrogen) atoms. The largest absolute Gasteiger partial charge is 0.376 e. The van der Waals surface area contributed by atoms with Gasteiger partial charge in [-0.1, -0.05) is 6.07 Å². The van der Waals surface area contributed by atoms with Gasteiger partial charge in [-0.05, 0) is 12.1 Å². The van der Waals surface area contributed by atoms with Crippen LogP contribution < -0.4 is 5.32 Å². The normalized spacial score (nSPS) is 20.5. The van der Waals surface area contributed by atoms with Crippen molar-refractivity contribution in [2.24, 2.45) is 0 Å². The van der Waals surface area contributed by atoms with Crippen LogP contribution in [0.15, 0.2) is 18.2 Å². The van der Waals surface area contributed by atoms with Gasteiger partial charge in [0.1, 0.15) is 11.6 Å². The highest BCUT2D eigenvalue weighted by Gasteiger charge is 2.14. The highest BCUT2D eigenvalue weighted by molar-refractivity contribution is 5.19. The molecule has 1 saturated heterocycles. The Morgan fingerprint density at radius 3 is 2.65 bits per heavy atom. The van der Waals surface area contributed by atoms with Gasteiger partial charge in [-0.25, -0.2) is 8.78 Å². The van der Waals surface area contributed by atoms with Crippen molar-refractivity contribution in [2.75, 3.05) is 26.4 Å². The molecule has 0 radical (unpaired) electrons. The summed E-state index contributed by atoms with van der Waals surface area (Å²) < 4.78 is 37.2. The van der Waals surface area contributed by atoms with Crippen LogP contribution in [0.3, 0.4) is 0 Å². The predicted molar refractivity (Wildman–Crippen MR) is 58.6 cm³/mol. The Balaban J connectivity index is 1.81. The molecule has 5 heteroatoms. The third kappa shape index (κ3) is 3.46. The third-order valence-corrected chi connectivity index (χ3v) is 2.62. The molecule has 3 nitrogen and oxygen atoms in total. The maximum Gasteiger partial charge on any atom is 0.130 e. The summed E-state index contributed by atoms with van der Waals surface area (Å²) in [4.78, 5) is 0. The highest BCUT2D eigenvalue weighted by Crippen LogP contribution is 2.11. The van der Waals surface area contributed by atoms with E-state index >= 15 is 0 Å². The summed E-state index contributed by atoms with van der Waals surface area (Å²) in [5.41, 5.74) is 0.0595. The van der Waals surface area contributed by atoms with Gasteiger partial charge < -0.3 is 14.8 Å². The van der Waals surface area contributed by atoms with Crippen molar-refractivity contribution in [3.8, 4) is 0 Å². The summed E-state index contributed by atoms with van der Waals surface area (Å²) in [6.07, 6.45) is -0.0430. The van der Waals surface area contributed by atoms with Crippen molar-refractivity contribution >= 4 is 0 Å².